The topological polar surface area (TPSA) is 236 Å². The van der Waals surface area contributed by atoms with Crippen LogP contribution >= 0.6 is 11.6 Å². The molecule has 328 valence electrons. The molecule has 0 bridgehead atoms. The highest BCUT2D eigenvalue weighted by Crippen LogP contribution is 2.41. The van der Waals surface area contributed by atoms with E-state index in [0.717, 1.165) is 36.8 Å². The summed E-state index contributed by atoms with van der Waals surface area (Å²) in [6, 6.07) is 14.5. The zero-order valence-corrected chi connectivity index (χ0v) is 36.6. The number of nitrogens with two attached hydrogens (primary N) is 1. The van der Waals surface area contributed by atoms with E-state index in [9.17, 15) is 19.2 Å². The van der Waals surface area contributed by atoms with Crippen LogP contribution in [0.15, 0.2) is 73.6 Å². The number of ether oxygens (including phenoxy) is 2. The molecule has 0 saturated heterocycles. The minimum Gasteiger partial charge on any atom is -0.494 e. The first-order chi connectivity index (χ1) is 30.3. The van der Waals surface area contributed by atoms with Gasteiger partial charge in [0.05, 0.1) is 59.2 Å². The number of anilines is 5. The van der Waals surface area contributed by atoms with Crippen molar-refractivity contribution in [2.45, 2.75) is 52.4 Å². The van der Waals surface area contributed by atoms with Crippen LogP contribution in [0.4, 0.5) is 28.6 Å². The zero-order chi connectivity index (χ0) is 45.2. The van der Waals surface area contributed by atoms with Crippen molar-refractivity contribution < 1.29 is 28.7 Å². The summed E-state index contributed by atoms with van der Waals surface area (Å²) >= 11 is 6.07. The molecule has 63 heavy (non-hydrogen) atoms. The molecule has 2 aliphatic carbocycles. The SMILES string of the molecule is CCC(=O)Nc1cc(Nc2cccc(-c3ncn(C)n3)c2OC)c(C(=O)C2CC2)cn1.CCC(N)=O.COc1c(Nc2cc(Cl)ncc2C(=O)C2CC2)cccc1-c1ncn(C)n1. The van der Waals surface area contributed by atoms with Gasteiger partial charge < -0.3 is 31.2 Å². The molecular formula is C44H49ClN12O6. The Bertz CT molecular complexity index is 2620. The monoisotopic (exact) mass is 876 g/mol. The smallest absolute Gasteiger partial charge is 0.225 e. The Hall–Kier alpha value is -7.21. The molecule has 5 N–H and O–H groups in total. The van der Waals surface area contributed by atoms with Gasteiger partial charge in [0.1, 0.15) is 23.6 Å². The van der Waals surface area contributed by atoms with Crippen molar-refractivity contribution in [3.63, 3.8) is 0 Å². The Morgan fingerprint density at radius 2 is 1.16 bits per heavy atom. The normalized spacial score (nSPS) is 12.7. The van der Waals surface area contributed by atoms with Crippen LogP contribution in [0, 0.1) is 11.8 Å². The number of pyridine rings is 2. The second-order valence-corrected chi connectivity index (χ2v) is 15.1. The number of aryl methyl sites for hydroxylation is 2. The third-order valence-corrected chi connectivity index (χ3v) is 10.0. The second-order valence-electron chi connectivity index (χ2n) is 14.7. The molecule has 4 heterocycles. The lowest BCUT2D eigenvalue weighted by atomic mass is 10.1. The van der Waals surface area contributed by atoms with Crippen LogP contribution in [0.3, 0.4) is 0 Å². The Balaban J connectivity index is 0.000000191. The van der Waals surface area contributed by atoms with Crippen LogP contribution in [0.5, 0.6) is 11.5 Å². The summed E-state index contributed by atoms with van der Waals surface area (Å²) in [4.78, 5) is 63.8. The van der Waals surface area contributed by atoms with Gasteiger partial charge in [-0.25, -0.2) is 19.9 Å². The van der Waals surface area contributed by atoms with E-state index >= 15 is 0 Å². The van der Waals surface area contributed by atoms with Gasteiger partial charge in [-0.15, -0.1) is 0 Å². The zero-order valence-electron chi connectivity index (χ0n) is 35.8. The van der Waals surface area contributed by atoms with Crippen LogP contribution in [0.25, 0.3) is 22.8 Å². The van der Waals surface area contributed by atoms with Gasteiger partial charge >= 0.3 is 0 Å². The quantitative estimate of drug-likeness (QED) is 0.0584. The number of nitrogens with zero attached hydrogens (tertiary/aromatic N) is 8. The molecule has 4 aromatic heterocycles. The van der Waals surface area contributed by atoms with Gasteiger partial charge in [0, 0.05) is 57.2 Å². The van der Waals surface area contributed by atoms with Crippen LogP contribution in [-0.2, 0) is 23.7 Å². The van der Waals surface area contributed by atoms with E-state index in [0.29, 0.717) is 80.8 Å². The summed E-state index contributed by atoms with van der Waals surface area (Å²) in [5.74, 6) is 2.45. The van der Waals surface area contributed by atoms with Crippen molar-refractivity contribution in [3.8, 4) is 34.3 Å². The number of amides is 2. The Labute approximate surface area is 369 Å². The fourth-order valence-electron chi connectivity index (χ4n) is 6.19. The first-order valence-corrected chi connectivity index (χ1v) is 20.6. The van der Waals surface area contributed by atoms with Crippen LogP contribution in [-0.4, -0.2) is 77.1 Å². The fourth-order valence-corrected chi connectivity index (χ4v) is 6.35. The molecule has 0 aliphatic heterocycles. The molecule has 6 aromatic rings. The number of benzene rings is 2. The minimum absolute atomic E-state index is 0.0318. The number of carbonyl (C=O) groups excluding carboxylic acids is 4. The molecule has 19 heteroatoms. The van der Waals surface area contributed by atoms with Crippen molar-refractivity contribution >= 4 is 63.5 Å². The summed E-state index contributed by atoms with van der Waals surface area (Å²) in [6.07, 6.45) is 10.7. The molecule has 18 nitrogen and oxygen atoms in total. The fraction of sp³-hybridized carbons (Fsp3) is 0.318. The maximum Gasteiger partial charge on any atom is 0.225 e. The summed E-state index contributed by atoms with van der Waals surface area (Å²) in [5, 5.41) is 18.3. The number of hydrogen-bond donors (Lipinski definition) is 4. The number of aromatic nitrogens is 8. The van der Waals surface area contributed by atoms with Gasteiger partial charge in [0.25, 0.3) is 0 Å². The van der Waals surface area contributed by atoms with E-state index in [2.05, 4.69) is 51.8 Å². The van der Waals surface area contributed by atoms with E-state index in [1.54, 1.807) is 76.3 Å². The van der Waals surface area contributed by atoms with E-state index in [4.69, 9.17) is 21.1 Å². The molecule has 0 radical (unpaired) electrons. The Kier molecular flexibility index (Phi) is 14.8. The first-order valence-electron chi connectivity index (χ1n) is 20.3. The van der Waals surface area contributed by atoms with Crippen molar-refractivity contribution in [1.82, 2.24) is 39.5 Å². The van der Waals surface area contributed by atoms with Crippen molar-refractivity contribution in [1.29, 1.82) is 0 Å². The molecule has 2 amide bonds. The molecular weight excluding hydrogens is 828 g/mol. The molecule has 0 atom stereocenters. The second kappa shape index (κ2) is 20.6. The third-order valence-electron chi connectivity index (χ3n) is 9.80. The van der Waals surface area contributed by atoms with Gasteiger partial charge in [0.2, 0.25) is 11.8 Å². The highest BCUT2D eigenvalue weighted by Gasteiger charge is 2.33. The molecule has 2 fully saturated rings. The number of primary amides is 1. The number of hydrogen-bond acceptors (Lipinski definition) is 14. The maximum atomic E-state index is 12.8. The predicted molar refractivity (Wildman–Crippen MR) is 239 cm³/mol. The highest BCUT2D eigenvalue weighted by molar-refractivity contribution is 6.30. The highest BCUT2D eigenvalue weighted by atomic mass is 35.5. The van der Waals surface area contributed by atoms with E-state index in [1.807, 2.05) is 36.4 Å². The molecule has 2 aliphatic rings. The molecule has 2 aromatic carbocycles. The van der Waals surface area contributed by atoms with Gasteiger partial charge in [-0.2, -0.15) is 10.2 Å². The lowest BCUT2D eigenvalue weighted by molar-refractivity contribution is -0.118. The largest absolute Gasteiger partial charge is 0.494 e. The number of carbonyl (C=O) groups is 4. The molecule has 2 saturated carbocycles. The first kappa shape index (κ1) is 45.3. The maximum absolute atomic E-state index is 12.8. The third kappa shape index (κ3) is 11.6. The van der Waals surface area contributed by atoms with Gasteiger partial charge in [-0.1, -0.05) is 37.6 Å². The van der Waals surface area contributed by atoms with Crippen LogP contribution in [0.1, 0.15) is 73.1 Å². The van der Waals surface area contributed by atoms with E-state index < -0.39 is 0 Å². The minimum atomic E-state index is -0.245. The van der Waals surface area contributed by atoms with Gasteiger partial charge in [-0.05, 0) is 56.0 Å². The number of methoxy groups -OCH3 is 2. The van der Waals surface area contributed by atoms with Gasteiger partial charge in [-0.3, -0.25) is 28.5 Å². The molecule has 0 spiro atoms. The van der Waals surface area contributed by atoms with Crippen molar-refractivity contribution in [2.75, 3.05) is 30.2 Å². The number of nitrogens with one attached hydrogen (secondary N) is 3. The average molecular weight is 877 g/mol. The number of ketones is 2. The van der Waals surface area contributed by atoms with E-state index in [1.165, 1.54) is 12.4 Å². The Morgan fingerprint density at radius 1 is 0.698 bits per heavy atom. The van der Waals surface area contributed by atoms with Crippen LogP contribution in [0.2, 0.25) is 5.15 Å². The number of para-hydroxylation sites is 2. The Morgan fingerprint density at radius 3 is 1.56 bits per heavy atom. The lowest BCUT2D eigenvalue weighted by Gasteiger charge is -2.17. The van der Waals surface area contributed by atoms with Crippen LogP contribution < -0.4 is 31.2 Å². The summed E-state index contributed by atoms with van der Waals surface area (Å²) in [6.45, 7) is 3.49. The number of Topliss-reactive ketones (excluding diaryl/α,β-unsaturated/α-hetero) is 2. The van der Waals surface area contributed by atoms with Gasteiger partial charge in [0.15, 0.2) is 34.7 Å². The standard InChI is InChI=1S/C22H24N6O3.C19H18ClN5O2.C3H7NO/c1-4-19(29)26-18-10-17(15(11-23-18)20(30)13-8-9-13)25-16-7-5-6-14(21(16)31-3)22-24-12-28(2)27-22;1-25-10-22-19(24-25)12-4-3-5-14(18(12)27-2)23-15-8-16(20)21-9-13(15)17(26)11-6-7-11;1-2-3(4)5/h5-7,10-13H,4,8-9H2,1-3H3,(H2,23,25,26,29);3-5,8-11H,6-7H2,1-2H3,(H,21,23);2H2,1H3,(H2,4,5). The number of rotatable bonds is 15. The van der Waals surface area contributed by atoms with E-state index in [-0.39, 0.29) is 35.2 Å². The number of halogens is 1. The van der Waals surface area contributed by atoms with Crippen molar-refractivity contribution in [3.05, 3.63) is 89.9 Å². The summed E-state index contributed by atoms with van der Waals surface area (Å²) < 4.78 is 14.5. The molecule has 0 unspecified atom stereocenters. The summed E-state index contributed by atoms with van der Waals surface area (Å²) in [7, 11) is 6.76. The summed E-state index contributed by atoms with van der Waals surface area (Å²) in [5.41, 5.74) is 9.64. The average Bonchev–Trinajstić information content (AvgIpc) is 4.22. The molecule has 8 rings (SSSR count). The predicted octanol–water partition coefficient (Wildman–Crippen LogP) is 7.33. The lowest BCUT2D eigenvalue weighted by Crippen LogP contribution is -2.13. The van der Waals surface area contributed by atoms with Crippen molar-refractivity contribution in [2.24, 2.45) is 31.7 Å².